The molecule has 1 aliphatic rings. The normalized spacial score (nSPS) is 21.3. The summed E-state index contributed by atoms with van der Waals surface area (Å²) in [5, 5.41) is 9.70. The molecule has 0 aliphatic carbocycles. The molecule has 0 spiro atoms. The first-order valence-corrected chi connectivity index (χ1v) is 4.76. The van der Waals surface area contributed by atoms with Gasteiger partial charge in [0.15, 0.2) is 0 Å². The molecule has 1 aromatic rings. The number of aliphatic hydroxyl groups is 1. The van der Waals surface area contributed by atoms with E-state index in [1.807, 2.05) is 17.0 Å². The number of methoxy groups -OCH3 is 1. The number of pyridine rings is 1. The maximum atomic E-state index is 9.70. The molecule has 0 amide bonds. The molecule has 14 heavy (non-hydrogen) atoms. The van der Waals surface area contributed by atoms with Crippen LogP contribution in [-0.4, -0.2) is 30.0 Å². The Morgan fingerprint density at radius 2 is 2.50 bits per heavy atom. The molecule has 1 atom stereocenters. The van der Waals surface area contributed by atoms with Gasteiger partial charge < -0.3 is 14.7 Å². The minimum absolute atomic E-state index is 0.395. The first kappa shape index (κ1) is 9.27. The molecule has 0 aromatic carbocycles. The second kappa shape index (κ2) is 3.84. The Morgan fingerprint density at radius 3 is 3.14 bits per heavy atom. The Labute approximate surface area is 83.1 Å². The fraction of sp³-hybridized carbons (Fsp3) is 0.500. The molecule has 76 valence electrons. The van der Waals surface area contributed by atoms with Crippen LogP contribution < -0.4 is 9.64 Å². The molecule has 4 heteroatoms. The van der Waals surface area contributed by atoms with E-state index in [1.54, 1.807) is 13.3 Å². The highest BCUT2D eigenvalue weighted by molar-refractivity contribution is 5.55. The van der Waals surface area contributed by atoms with Crippen LogP contribution in [0, 0.1) is 0 Å². The second-order valence-corrected chi connectivity index (χ2v) is 3.35. The third-order valence-corrected chi connectivity index (χ3v) is 2.47. The zero-order valence-corrected chi connectivity index (χ0v) is 8.18. The number of hydrogen-bond donors (Lipinski definition) is 1. The zero-order valence-electron chi connectivity index (χ0n) is 8.18. The van der Waals surface area contributed by atoms with Crippen molar-refractivity contribution in [3.05, 3.63) is 18.3 Å². The Balaban J connectivity index is 2.30. The quantitative estimate of drug-likeness (QED) is 0.763. The van der Waals surface area contributed by atoms with Crippen molar-refractivity contribution >= 4 is 5.69 Å². The van der Waals surface area contributed by atoms with Crippen molar-refractivity contribution in [1.82, 2.24) is 4.98 Å². The fourth-order valence-corrected chi connectivity index (χ4v) is 1.79. The van der Waals surface area contributed by atoms with Gasteiger partial charge in [-0.15, -0.1) is 0 Å². The van der Waals surface area contributed by atoms with Gasteiger partial charge in [0.05, 0.1) is 7.11 Å². The van der Waals surface area contributed by atoms with E-state index in [2.05, 4.69) is 4.98 Å². The minimum atomic E-state index is -0.395. The number of anilines is 1. The molecule has 1 aromatic heterocycles. The Morgan fingerprint density at radius 1 is 1.64 bits per heavy atom. The van der Waals surface area contributed by atoms with E-state index in [4.69, 9.17) is 4.74 Å². The van der Waals surface area contributed by atoms with E-state index in [0.717, 1.165) is 25.1 Å². The van der Waals surface area contributed by atoms with Crippen LogP contribution in [0.1, 0.15) is 12.8 Å². The lowest BCUT2D eigenvalue weighted by Gasteiger charge is -2.23. The molecule has 1 saturated heterocycles. The van der Waals surface area contributed by atoms with Gasteiger partial charge >= 0.3 is 0 Å². The van der Waals surface area contributed by atoms with Gasteiger partial charge in [-0.2, -0.15) is 0 Å². The summed E-state index contributed by atoms with van der Waals surface area (Å²) in [6.45, 7) is 0.864. The number of nitrogens with zero attached hydrogens (tertiary/aromatic N) is 2. The maximum Gasteiger partial charge on any atom is 0.237 e. The molecule has 1 N–H and O–H groups in total. The molecule has 1 unspecified atom stereocenters. The topological polar surface area (TPSA) is 45.6 Å². The van der Waals surface area contributed by atoms with E-state index in [1.165, 1.54) is 0 Å². The van der Waals surface area contributed by atoms with E-state index in [-0.39, 0.29) is 0 Å². The highest BCUT2D eigenvalue weighted by Crippen LogP contribution is 2.30. The monoisotopic (exact) mass is 194 g/mol. The summed E-state index contributed by atoms with van der Waals surface area (Å²) < 4.78 is 5.14. The zero-order chi connectivity index (χ0) is 9.97. The highest BCUT2D eigenvalue weighted by atomic mass is 16.5. The molecule has 0 bridgehead atoms. The third-order valence-electron chi connectivity index (χ3n) is 2.47. The van der Waals surface area contributed by atoms with Gasteiger partial charge in [0.2, 0.25) is 5.88 Å². The molecule has 4 nitrogen and oxygen atoms in total. The highest BCUT2D eigenvalue weighted by Gasteiger charge is 2.24. The van der Waals surface area contributed by atoms with Crippen molar-refractivity contribution in [2.75, 3.05) is 18.6 Å². The van der Waals surface area contributed by atoms with Crippen LogP contribution >= 0.6 is 0 Å². The molecule has 2 rings (SSSR count). The average molecular weight is 194 g/mol. The van der Waals surface area contributed by atoms with Gasteiger partial charge in [-0.25, -0.2) is 4.98 Å². The summed E-state index contributed by atoms with van der Waals surface area (Å²) in [6.07, 6.45) is 3.12. The molecular weight excluding hydrogens is 180 g/mol. The minimum Gasteiger partial charge on any atom is -0.480 e. The summed E-state index contributed by atoms with van der Waals surface area (Å²) in [5.74, 6) is 0.577. The van der Waals surface area contributed by atoms with Crippen LogP contribution in [0.5, 0.6) is 5.88 Å². The summed E-state index contributed by atoms with van der Waals surface area (Å²) in [7, 11) is 1.59. The van der Waals surface area contributed by atoms with Gasteiger partial charge in [-0.1, -0.05) is 0 Å². The number of hydrogen-bond acceptors (Lipinski definition) is 4. The smallest absolute Gasteiger partial charge is 0.237 e. The molecular formula is C10H14N2O2. The molecule has 1 fully saturated rings. The van der Waals surface area contributed by atoms with E-state index >= 15 is 0 Å². The SMILES string of the molecule is COc1ncccc1N1CCCC1O. The average Bonchev–Trinajstić information content (AvgIpc) is 2.64. The Bertz CT molecular complexity index is 317. The van der Waals surface area contributed by atoms with Gasteiger partial charge in [0, 0.05) is 12.7 Å². The lowest BCUT2D eigenvalue weighted by atomic mass is 10.3. The molecule has 1 aliphatic heterocycles. The number of aromatic nitrogens is 1. The van der Waals surface area contributed by atoms with Crippen molar-refractivity contribution in [1.29, 1.82) is 0 Å². The predicted molar refractivity (Wildman–Crippen MR) is 53.4 cm³/mol. The maximum absolute atomic E-state index is 9.70. The van der Waals surface area contributed by atoms with Crippen LogP contribution in [0.2, 0.25) is 0 Å². The lowest BCUT2D eigenvalue weighted by Crippen LogP contribution is -2.29. The van der Waals surface area contributed by atoms with Crippen LogP contribution in [-0.2, 0) is 0 Å². The summed E-state index contributed by atoms with van der Waals surface area (Å²) >= 11 is 0. The van der Waals surface area contributed by atoms with Crippen molar-refractivity contribution in [2.24, 2.45) is 0 Å². The second-order valence-electron chi connectivity index (χ2n) is 3.35. The summed E-state index contributed by atoms with van der Waals surface area (Å²) in [5.41, 5.74) is 0.875. The van der Waals surface area contributed by atoms with Crippen molar-refractivity contribution < 1.29 is 9.84 Å². The molecule has 0 radical (unpaired) electrons. The van der Waals surface area contributed by atoms with Crippen molar-refractivity contribution in [3.8, 4) is 5.88 Å². The molecule has 2 heterocycles. The summed E-state index contributed by atoms with van der Waals surface area (Å²) in [4.78, 5) is 6.02. The van der Waals surface area contributed by atoms with Crippen molar-refractivity contribution in [3.63, 3.8) is 0 Å². The van der Waals surface area contributed by atoms with Gasteiger partial charge in [-0.05, 0) is 25.0 Å². The largest absolute Gasteiger partial charge is 0.480 e. The Hall–Kier alpha value is -1.29. The molecule has 0 saturated carbocycles. The van der Waals surface area contributed by atoms with Crippen LogP contribution in [0.3, 0.4) is 0 Å². The van der Waals surface area contributed by atoms with Crippen molar-refractivity contribution in [2.45, 2.75) is 19.1 Å². The van der Waals surface area contributed by atoms with E-state index < -0.39 is 6.23 Å². The number of rotatable bonds is 2. The van der Waals surface area contributed by atoms with Gasteiger partial charge in [0.25, 0.3) is 0 Å². The standard InChI is InChI=1S/C10H14N2O2/c1-14-10-8(4-2-6-11-10)12-7-3-5-9(12)13/h2,4,6,9,13H,3,5,7H2,1H3. The van der Waals surface area contributed by atoms with Gasteiger partial charge in [-0.3, -0.25) is 0 Å². The first-order valence-electron chi connectivity index (χ1n) is 4.76. The third kappa shape index (κ3) is 1.53. The predicted octanol–water partition coefficient (Wildman–Crippen LogP) is 1.01. The fourth-order valence-electron chi connectivity index (χ4n) is 1.79. The van der Waals surface area contributed by atoms with E-state index in [0.29, 0.717) is 5.88 Å². The first-order chi connectivity index (χ1) is 6.83. The number of ether oxygens (including phenoxy) is 1. The lowest BCUT2D eigenvalue weighted by molar-refractivity contribution is 0.185. The number of aliphatic hydroxyl groups excluding tert-OH is 1. The van der Waals surface area contributed by atoms with Crippen LogP contribution in [0.15, 0.2) is 18.3 Å². The van der Waals surface area contributed by atoms with Crippen LogP contribution in [0.4, 0.5) is 5.69 Å². The van der Waals surface area contributed by atoms with E-state index in [9.17, 15) is 5.11 Å². The Kier molecular flexibility index (Phi) is 2.54. The summed E-state index contributed by atoms with van der Waals surface area (Å²) in [6, 6.07) is 3.77. The van der Waals surface area contributed by atoms with Crippen LogP contribution in [0.25, 0.3) is 0 Å². The van der Waals surface area contributed by atoms with Gasteiger partial charge in [0.1, 0.15) is 11.9 Å².